The maximum atomic E-state index is 12.6. The van der Waals surface area contributed by atoms with Crippen LogP contribution < -0.4 is 24.8 Å². The number of nitrogens with one attached hydrogen (secondary N) is 2. The molecule has 4 heterocycles. The molecule has 3 unspecified atom stereocenters. The van der Waals surface area contributed by atoms with Crippen LogP contribution >= 0.6 is 0 Å². The number of amides is 2. The summed E-state index contributed by atoms with van der Waals surface area (Å²) in [5.74, 6) is -0.334. The summed E-state index contributed by atoms with van der Waals surface area (Å²) in [6.07, 6.45) is 6.65. The van der Waals surface area contributed by atoms with Gasteiger partial charge in [-0.2, -0.15) is 15.0 Å². The number of pyridine rings is 1. The number of carbonyl (C=O) groups is 1. The Morgan fingerprint density at radius 3 is 2.35 bits per heavy atom. The van der Waals surface area contributed by atoms with Crippen molar-refractivity contribution in [2.75, 3.05) is 54.1 Å². The van der Waals surface area contributed by atoms with Crippen molar-refractivity contribution in [3.8, 4) is 5.75 Å². The van der Waals surface area contributed by atoms with Gasteiger partial charge in [-0.1, -0.05) is 25.1 Å². The molecule has 3 aromatic carbocycles. The van der Waals surface area contributed by atoms with Gasteiger partial charge in [0.1, 0.15) is 25.0 Å². The normalized spacial score (nSPS) is 19.5. The SMILES string of the molecule is CCC(C)NC(=O)N(C=N)c1ccc(N2CCN(c3ccc(OCC4COC(Cn5nccn5)(c5cnc6ccccc6c5)O4)cc3)CC2)cc1. The summed E-state index contributed by atoms with van der Waals surface area (Å²) in [5.41, 5.74) is 4.60. The topological polar surface area (TPSA) is 134 Å². The summed E-state index contributed by atoms with van der Waals surface area (Å²) in [4.78, 5) is 24.8. The van der Waals surface area contributed by atoms with Gasteiger partial charge in [0.2, 0.25) is 5.79 Å². The number of aromatic nitrogens is 4. The van der Waals surface area contributed by atoms with Crippen molar-refractivity contribution >= 4 is 40.3 Å². The first kappa shape index (κ1) is 33.9. The number of piperazine rings is 1. The van der Waals surface area contributed by atoms with E-state index in [0.717, 1.165) is 72.5 Å². The van der Waals surface area contributed by atoms with E-state index in [1.807, 2.05) is 80.6 Å². The van der Waals surface area contributed by atoms with Gasteiger partial charge in [0.15, 0.2) is 0 Å². The predicted molar refractivity (Wildman–Crippen MR) is 197 cm³/mol. The van der Waals surface area contributed by atoms with E-state index >= 15 is 0 Å². The van der Waals surface area contributed by atoms with E-state index in [-0.39, 0.29) is 24.7 Å². The number of ether oxygens (including phenoxy) is 3. The molecule has 0 spiro atoms. The molecule has 0 bridgehead atoms. The van der Waals surface area contributed by atoms with Gasteiger partial charge in [-0.05, 0) is 74.0 Å². The van der Waals surface area contributed by atoms with Gasteiger partial charge in [0, 0.05) is 60.7 Å². The number of urea groups is 1. The minimum atomic E-state index is -1.09. The molecule has 0 saturated carbocycles. The number of benzene rings is 3. The van der Waals surface area contributed by atoms with Crippen LogP contribution in [0.5, 0.6) is 5.75 Å². The number of anilines is 3. The van der Waals surface area contributed by atoms with Crippen LogP contribution in [-0.2, 0) is 21.8 Å². The predicted octanol–water partition coefficient (Wildman–Crippen LogP) is 5.42. The zero-order valence-corrected chi connectivity index (χ0v) is 28.9. The Bertz CT molecular complexity index is 1910. The van der Waals surface area contributed by atoms with Crippen molar-refractivity contribution in [1.29, 1.82) is 5.41 Å². The van der Waals surface area contributed by atoms with E-state index in [1.54, 1.807) is 23.4 Å². The fraction of sp³-hybridized carbons (Fsp3) is 0.342. The number of hydrogen-bond acceptors (Lipinski definition) is 10. The molecular formula is C38H43N9O4. The second kappa shape index (κ2) is 15.2. The van der Waals surface area contributed by atoms with Crippen LogP contribution in [0.1, 0.15) is 25.8 Å². The molecular weight excluding hydrogens is 646 g/mol. The highest BCUT2D eigenvalue weighted by Crippen LogP contribution is 2.37. The van der Waals surface area contributed by atoms with E-state index in [1.165, 1.54) is 4.90 Å². The Morgan fingerprint density at radius 2 is 1.69 bits per heavy atom. The van der Waals surface area contributed by atoms with Gasteiger partial charge in [0.05, 0.1) is 36.5 Å². The number of nitrogens with zero attached hydrogens (tertiary/aromatic N) is 7. The summed E-state index contributed by atoms with van der Waals surface area (Å²) in [6, 6.07) is 25.7. The lowest BCUT2D eigenvalue weighted by atomic mass is 10.1. The molecule has 51 heavy (non-hydrogen) atoms. The molecule has 0 aliphatic carbocycles. The molecule has 2 aromatic heterocycles. The zero-order valence-electron chi connectivity index (χ0n) is 28.9. The molecule has 2 aliphatic rings. The third kappa shape index (κ3) is 7.64. The Balaban J connectivity index is 0.923. The zero-order chi connectivity index (χ0) is 35.2. The molecule has 2 N–H and O–H groups in total. The number of para-hydroxylation sites is 1. The molecule has 3 atom stereocenters. The molecule has 7 rings (SSSR count). The highest BCUT2D eigenvalue weighted by molar-refractivity contribution is 6.06. The Kier molecular flexibility index (Phi) is 10.1. The van der Waals surface area contributed by atoms with E-state index in [2.05, 4.69) is 42.4 Å². The highest BCUT2D eigenvalue weighted by atomic mass is 16.8. The Labute approximate surface area is 297 Å². The molecule has 13 nitrogen and oxygen atoms in total. The standard InChI is InChI=1S/C38H43N9O4/c1-3-28(2)43-37(48)46(27-39)33-10-8-31(9-11-33)44-18-20-45(21-19-44)32-12-14-34(15-13-32)49-24-35-25-50-38(51-35,26-47-41-16-17-42-47)30-22-29-6-4-5-7-36(29)40-23-30/h4-17,22-23,27-28,35,39H,3,18-21,24-26H2,1-2H3,(H,43,48). The highest BCUT2D eigenvalue weighted by Gasteiger charge is 2.45. The van der Waals surface area contributed by atoms with Crippen LogP contribution in [0, 0.1) is 5.41 Å². The summed E-state index contributed by atoms with van der Waals surface area (Å²) in [7, 11) is 0. The van der Waals surface area contributed by atoms with Crippen molar-refractivity contribution in [1.82, 2.24) is 25.3 Å². The summed E-state index contributed by atoms with van der Waals surface area (Å²) < 4.78 is 19.1. The average molecular weight is 690 g/mol. The van der Waals surface area contributed by atoms with Gasteiger partial charge in [-0.25, -0.2) is 4.79 Å². The monoisotopic (exact) mass is 689 g/mol. The average Bonchev–Trinajstić information content (AvgIpc) is 3.85. The van der Waals surface area contributed by atoms with Crippen molar-refractivity contribution in [3.63, 3.8) is 0 Å². The lowest BCUT2D eigenvalue weighted by Crippen LogP contribution is -2.46. The fourth-order valence-electron chi connectivity index (χ4n) is 6.39. The summed E-state index contributed by atoms with van der Waals surface area (Å²) in [5, 5.41) is 20.2. The van der Waals surface area contributed by atoms with Crippen molar-refractivity contribution < 1.29 is 19.0 Å². The van der Waals surface area contributed by atoms with Crippen LogP contribution in [0.15, 0.2) is 97.5 Å². The van der Waals surface area contributed by atoms with Gasteiger partial charge in [-0.3, -0.25) is 15.3 Å². The largest absolute Gasteiger partial charge is 0.491 e. The second-order valence-electron chi connectivity index (χ2n) is 12.8. The van der Waals surface area contributed by atoms with Crippen LogP contribution in [0.2, 0.25) is 0 Å². The first-order valence-electron chi connectivity index (χ1n) is 17.4. The molecule has 13 heteroatoms. The Morgan fingerprint density at radius 1 is 1.02 bits per heavy atom. The van der Waals surface area contributed by atoms with Crippen LogP contribution in [-0.4, -0.2) is 83.9 Å². The number of fused-ring (bicyclic) bond motifs is 1. The van der Waals surface area contributed by atoms with E-state index in [0.29, 0.717) is 18.9 Å². The molecule has 5 aromatic rings. The van der Waals surface area contributed by atoms with Crippen molar-refractivity contribution in [2.24, 2.45) is 0 Å². The summed E-state index contributed by atoms with van der Waals surface area (Å²) in [6.45, 7) is 8.39. The van der Waals surface area contributed by atoms with Crippen molar-refractivity contribution in [2.45, 2.75) is 44.7 Å². The summed E-state index contributed by atoms with van der Waals surface area (Å²) >= 11 is 0. The minimum Gasteiger partial charge on any atom is -0.491 e. The van der Waals surface area contributed by atoms with E-state index < -0.39 is 5.79 Å². The van der Waals surface area contributed by atoms with Gasteiger partial charge < -0.3 is 29.3 Å². The van der Waals surface area contributed by atoms with Crippen LogP contribution in [0.3, 0.4) is 0 Å². The third-order valence-electron chi connectivity index (χ3n) is 9.45. The van der Waals surface area contributed by atoms with E-state index in [9.17, 15) is 4.79 Å². The van der Waals surface area contributed by atoms with Gasteiger partial charge in [0.25, 0.3) is 0 Å². The fourth-order valence-corrected chi connectivity index (χ4v) is 6.39. The first-order valence-corrected chi connectivity index (χ1v) is 17.4. The number of hydrogen-bond donors (Lipinski definition) is 2. The molecule has 2 aliphatic heterocycles. The smallest absolute Gasteiger partial charge is 0.327 e. The molecule has 2 fully saturated rings. The first-order chi connectivity index (χ1) is 24.9. The van der Waals surface area contributed by atoms with Crippen LogP contribution in [0.25, 0.3) is 10.9 Å². The van der Waals surface area contributed by atoms with E-state index in [4.69, 9.17) is 19.6 Å². The van der Waals surface area contributed by atoms with Crippen LogP contribution in [0.4, 0.5) is 21.9 Å². The molecule has 264 valence electrons. The number of rotatable bonds is 12. The quantitative estimate of drug-likeness (QED) is 0.130. The molecule has 0 radical (unpaired) electrons. The maximum absolute atomic E-state index is 12.6. The Hall–Kier alpha value is -5.53. The third-order valence-corrected chi connectivity index (χ3v) is 9.45. The second-order valence-corrected chi connectivity index (χ2v) is 12.8. The lowest BCUT2D eigenvalue weighted by molar-refractivity contribution is -0.192. The molecule has 2 amide bonds. The lowest BCUT2D eigenvalue weighted by Gasteiger charge is -2.37. The molecule has 2 saturated heterocycles. The minimum absolute atomic E-state index is 0.0409. The van der Waals surface area contributed by atoms with Crippen molar-refractivity contribution in [3.05, 3.63) is 103 Å². The van der Waals surface area contributed by atoms with Gasteiger partial charge in [-0.15, -0.1) is 0 Å². The number of carbonyl (C=O) groups excluding carboxylic acids is 1. The maximum Gasteiger partial charge on any atom is 0.327 e. The van der Waals surface area contributed by atoms with Gasteiger partial charge >= 0.3 is 6.03 Å².